The highest BCUT2D eigenvalue weighted by molar-refractivity contribution is 5.32. The topological polar surface area (TPSA) is 39.1 Å². The van der Waals surface area contributed by atoms with Gasteiger partial charge in [0.1, 0.15) is 5.54 Å². The molecule has 2 rings (SSSR count). The van der Waals surface area contributed by atoms with Gasteiger partial charge in [-0.05, 0) is 32.0 Å². The molecule has 1 fully saturated rings. The first-order chi connectivity index (χ1) is 8.72. The van der Waals surface area contributed by atoms with Crippen molar-refractivity contribution in [1.29, 1.82) is 5.26 Å². The summed E-state index contributed by atoms with van der Waals surface area (Å²) >= 11 is 0. The fraction of sp³-hybridized carbons (Fsp3) is 0.533. The second-order valence-corrected chi connectivity index (χ2v) is 5.06. The summed E-state index contributed by atoms with van der Waals surface area (Å²) in [6, 6.07) is 13.2. The maximum Gasteiger partial charge on any atom is 0.145 e. The van der Waals surface area contributed by atoms with Crippen LogP contribution in [0.2, 0.25) is 0 Å². The molecule has 0 radical (unpaired) electrons. The molecule has 0 amide bonds. The maximum absolute atomic E-state index is 9.67. The lowest BCUT2D eigenvalue weighted by molar-refractivity contribution is 0.244. The molecule has 0 aromatic heterocycles. The van der Waals surface area contributed by atoms with Crippen molar-refractivity contribution in [3.05, 3.63) is 35.9 Å². The summed E-state index contributed by atoms with van der Waals surface area (Å²) in [5.74, 6) is 0. The second-order valence-electron chi connectivity index (χ2n) is 5.06. The summed E-state index contributed by atoms with van der Waals surface area (Å²) in [5.41, 5.74) is 0.467. The zero-order valence-corrected chi connectivity index (χ0v) is 11.2. The Bertz CT molecular complexity index is 419. The average molecular weight is 243 g/mol. The number of hydrogen-bond donors (Lipinski definition) is 1. The van der Waals surface area contributed by atoms with Gasteiger partial charge in [-0.15, -0.1) is 0 Å². The molecule has 1 aliphatic carbocycles. The summed E-state index contributed by atoms with van der Waals surface area (Å²) in [6.07, 6.45) is 2.53. The van der Waals surface area contributed by atoms with E-state index in [1.54, 1.807) is 0 Å². The zero-order valence-electron chi connectivity index (χ0n) is 11.2. The first-order valence-electron chi connectivity index (χ1n) is 6.64. The van der Waals surface area contributed by atoms with E-state index in [0.717, 1.165) is 18.7 Å². The van der Waals surface area contributed by atoms with Gasteiger partial charge in [0, 0.05) is 12.6 Å². The predicted octanol–water partition coefficient (Wildman–Crippen LogP) is 2.11. The van der Waals surface area contributed by atoms with E-state index < -0.39 is 5.54 Å². The summed E-state index contributed by atoms with van der Waals surface area (Å²) in [7, 11) is 2.12. The van der Waals surface area contributed by atoms with Crippen LogP contribution in [0.3, 0.4) is 0 Å². The smallest absolute Gasteiger partial charge is 0.145 e. The van der Waals surface area contributed by atoms with E-state index in [1.807, 2.05) is 37.3 Å². The number of likely N-dealkylation sites (N-methyl/N-ethyl adjacent to an activating group) is 2. The van der Waals surface area contributed by atoms with Gasteiger partial charge in [-0.2, -0.15) is 5.26 Å². The molecule has 0 aliphatic heterocycles. The summed E-state index contributed by atoms with van der Waals surface area (Å²) in [5, 5.41) is 13.0. The van der Waals surface area contributed by atoms with Crippen molar-refractivity contribution in [2.75, 3.05) is 20.1 Å². The molecule has 1 atom stereocenters. The van der Waals surface area contributed by atoms with Crippen LogP contribution >= 0.6 is 0 Å². The highest BCUT2D eigenvalue weighted by atomic mass is 15.2. The van der Waals surface area contributed by atoms with Crippen LogP contribution in [0.5, 0.6) is 0 Å². The Morgan fingerprint density at radius 1 is 1.39 bits per heavy atom. The summed E-state index contributed by atoms with van der Waals surface area (Å²) in [6.45, 7) is 3.58. The Hall–Kier alpha value is -1.37. The molecule has 1 unspecified atom stereocenters. The minimum atomic E-state index is -0.590. The molecule has 0 spiro atoms. The Morgan fingerprint density at radius 3 is 2.56 bits per heavy atom. The maximum atomic E-state index is 9.67. The van der Waals surface area contributed by atoms with Gasteiger partial charge in [-0.25, -0.2) is 0 Å². The molecule has 0 saturated heterocycles. The van der Waals surface area contributed by atoms with Gasteiger partial charge in [0.25, 0.3) is 0 Å². The molecular weight excluding hydrogens is 222 g/mol. The van der Waals surface area contributed by atoms with Crippen molar-refractivity contribution in [1.82, 2.24) is 10.2 Å². The SMILES string of the molecule is CCNC(C#N)(CN(C)C1CC1)c1ccccc1. The van der Waals surface area contributed by atoms with E-state index >= 15 is 0 Å². The molecule has 1 saturated carbocycles. The first kappa shape index (κ1) is 13.1. The lowest BCUT2D eigenvalue weighted by atomic mass is 9.90. The molecule has 0 bridgehead atoms. The number of hydrogen-bond acceptors (Lipinski definition) is 3. The van der Waals surface area contributed by atoms with Crippen LogP contribution in [0, 0.1) is 11.3 Å². The first-order valence-corrected chi connectivity index (χ1v) is 6.64. The molecule has 96 valence electrons. The number of nitrogens with zero attached hydrogens (tertiary/aromatic N) is 2. The van der Waals surface area contributed by atoms with E-state index in [2.05, 4.69) is 23.3 Å². The molecular formula is C15H21N3. The van der Waals surface area contributed by atoms with Crippen LogP contribution in [0.4, 0.5) is 0 Å². The van der Waals surface area contributed by atoms with Gasteiger partial charge < -0.3 is 4.90 Å². The Morgan fingerprint density at radius 2 is 2.06 bits per heavy atom. The van der Waals surface area contributed by atoms with Gasteiger partial charge >= 0.3 is 0 Å². The monoisotopic (exact) mass is 243 g/mol. The average Bonchev–Trinajstić information content (AvgIpc) is 3.23. The molecule has 1 aromatic rings. The van der Waals surface area contributed by atoms with Gasteiger partial charge in [-0.3, -0.25) is 5.32 Å². The summed E-state index contributed by atoms with van der Waals surface area (Å²) in [4.78, 5) is 2.30. The normalized spacial score (nSPS) is 18.3. The quantitative estimate of drug-likeness (QED) is 0.831. The zero-order chi connectivity index (χ0) is 13.0. The van der Waals surface area contributed by atoms with Crippen LogP contribution in [0.1, 0.15) is 25.3 Å². The molecule has 1 aromatic carbocycles. The third-order valence-corrected chi connectivity index (χ3v) is 3.59. The van der Waals surface area contributed by atoms with E-state index in [0.29, 0.717) is 6.04 Å². The van der Waals surface area contributed by atoms with Crippen LogP contribution in [0.15, 0.2) is 30.3 Å². The van der Waals surface area contributed by atoms with E-state index in [4.69, 9.17) is 0 Å². The van der Waals surface area contributed by atoms with Crippen LogP contribution in [-0.2, 0) is 5.54 Å². The number of rotatable bonds is 6. The third kappa shape index (κ3) is 2.72. The molecule has 18 heavy (non-hydrogen) atoms. The van der Waals surface area contributed by atoms with Crippen molar-refractivity contribution in [2.45, 2.75) is 31.3 Å². The van der Waals surface area contributed by atoms with Crippen molar-refractivity contribution < 1.29 is 0 Å². The minimum absolute atomic E-state index is 0.590. The van der Waals surface area contributed by atoms with Crippen molar-refractivity contribution in [3.8, 4) is 6.07 Å². The van der Waals surface area contributed by atoms with E-state index in [1.165, 1.54) is 12.8 Å². The third-order valence-electron chi connectivity index (χ3n) is 3.59. The predicted molar refractivity (Wildman–Crippen MR) is 73.1 cm³/mol. The number of nitriles is 1. The lowest BCUT2D eigenvalue weighted by Gasteiger charge is -2.32. The standard InChI is InChI=1S/C15H21N3/c1-3-17-15(11-16,12-18(2)14-9-10-14)13-7-5-4-6-8-13/h4-8,14,17H,3,9-10,12H2,1-2H3. The van der Waals surface area contributed by atoms with Gasteiger partial charge in [0.15, 0.2) is 0 Å². The molecule has 1 aliphatic rings. The number of benzene rings is 1. The van der Waals surface area contributed by atoms with Crippen LogP contribution in [0.25, 0.3) is 0 Å². The highest BCUT2D eigenvalue weighted by Crippen LogP contribution is 2.29. The fourth-order valence-corrected chi connectivity index (χ4v) is 2.43. The minimum Gasteiger partial charge on any atom is -0.300 e. The van der Waals surface area contributed by atoms with Crippen molar-refractivity contribution in [2.24, 2.45) is 0 Å². The Balaban J connectivity index is 2.24. The van der Waals surface area contributed by atoms with Gasteiger partial charge in [0.05, 0.1) is 6.07 Å². The van der Waals surface area contributed by atoms with Gasteiger partial charge in [0.2, 0.25) is 0 Å². The van der Waals surface area contributed by atoms with Crippen LogP contribution in [-0.4, -0.2) is 31.1 Å². The molecule has 3 nitrogen and oxygen atoms in total. The van der Waals surface area contributed by atoms with Gasteiger partial charge in [-0.1, -0.05) is 37.3 Å². The van der Waals surface area contributed by atoms with E-state index in [-0.39, 0.29) is 0 Å². The van der Waals surface area contributed by atoms with Crippen molar-refractivity contribution in [3.63, 3.8) is 0 Å². The lowest BCUT2D eigenvalue weighted by Crippen LogP contribution is -2.49. The highest BCUT2D eigenvalue weighted by Gasteiger charge is 2.37. The Kier molecular flexibility index (Phi) is 4.00. The molecule has 0 heterocycles. The largest absolute Gasteiger partial charge is 0.300 e. The molecule has 1 N–H and O–H groups in total. The summed E-state index contributed by atoms with van der Waals surface area (Å²) < 4.78 is 0. The van der Waals surface area contributed by atoms with Crippen LogP contribution < -0.4 is 5.32 Å². The van der Waals surface area contributed by atoms with E-state index in [9.17, 15) is 5.26 Å². The second kappa shape index (κ2) is 5.51. The Labute approximate surface area is 109 Å². The van der Waals surface area contributed by atoms with Crippen molar-refractivity contribution >= 4 is 0 Å². The fourth-order valence-electron chi connectivity index (χ4n) is 2.43. The number of nitrogens with one attached hydrogen (secondary N) is 1. The molecule has 3 heteroatoms.